The van der Waals surface area contributed by atoms with Crippen LogP contribution in [0, 0.1) is 11.8 Å². The number of benzene rings is 1. The molecular formula is C24H34N2O. The van der Waals surface area contributed by atoms with Crippen molar-refractivity contribution in [2.75, 3.05) is 7.11 Å². The van der Waals surface area contributed by atoms with Gasteiger partial charge in [-0.1, -0.05) is 58.3 Å². The summed E-state index contributed by atoms with van der Waals surface area (Å²) in [5.41, 5.74) is 3.13. The molecule has 1 aromatic heterocycles. The molecule has 146 valence electrons. The zero-order valence-electron chi connectivity index (χ0n) is 17.0. The maximum absolute atomic E-state index is 5.21. The molecule has 1 aromatic carbocycles. The number of aryl methyl sites for hydroxylation is 1. The van der Waals surface area contributed by atoms with Crippen molar-refractivity contribution in [1.82, 2.24) is 10.2 Å². The second-order valence-corrected chi connectivity index (χ2v) is 8.06. The molecule has 3 heteroatoms. The van der Waals surface area contributed by atoms with Gasteiger partial charge >= 0.3 is 0 Å². The second-order valence-electron chi connectivity index (χ2n) is 8.06. The minimum absolute atomic E-state index is 0.864. The van der Waals surface area contributed by atoms with Crippen LogP contribution in [0.25, 0.3) is 11.3 Å². The van der Waals surface area contributed by atoms with Crippen molar-refractivity contribution < 1.29 is 4.74 Å². The van der Waals surface area contributed by atoms with Crippen molar-refractivity contribution in [2.45, 2.75) is 71.1 Å². The molecular weight excluding hydrogens is 332 g/mol. The zero-order valence-corrected chi connectivity index (χ0v) is 17.0. The number of unbranched alkanes of at least 4 members (excludes halogenated alkanes) is 2. The van der Waals surface area contributed by atoms with Crippen molar-refractivity contribution in [3.63, 3.8) is 0 Å². The van der Waals surface area contributed by atoms with Crippen LogP contribution in [0.1, 0.15) is 70.4 Å². The normalized spacial score (nSPS) is 19.8. The lowest BCUT2D eigenvalue weighted by Crippen LogP contribution is -2.15. The van der Waals surface area contributed by atoms with E-state index in [0.29, 0.717) is 0 Å². The lowest BCUT2D eigenvalue weighted by atomic mass is 9.78. The third-order valence-electron chi connectivity index (χ3n) is 6.10. The lowest BCUT2D eigenvalue weighted by Gasteiger charge is -2.28. The Balaban J connectivity index is 1.42. The maximum Gasteiger partial charge on any atom is 0.118 e. The summed E-state index contributed by atoms with van der Waals surface area (Å²) in [6.07, 6.45) is 13.7. The molecule has 2 aromatic rings. The Morgan fingerprint density at radius 2 is 1.56 bits per heavy atom. The summed E-state index contributed by atoms with van der Waals surface area (Å²) >= 11 is 0. The van der Waals surface area contributed by atoms with Gasteiger partial charge in [0.15, 0.2) is 0 Å². The van der Waals surface area contributed by atoms with Gasteiger partial charge in [0.2, 0.25) is 0 Å². The molecule has 1 aliphatic carbocycles. The van der Waals surface area contributed by atoms with E-state index < -0.39 is 0 Å². The molecule has 3 rings (SSSR count). The molecule has 0 spiro atoms. The van der Waals surface area contributed by atoms with E-state index in [1.54, 1.807) is 7.11 Å². The number of rotatable bonds is 9. The van der Waals surface area contributed by atoms with Crippen LogP contribution in [0.5, 0.6) is 5.75 Å². The summed E-state index contributed by atoms with van der Waals surface area (Å²) < 4.78 is 5.21. The van der Waals surface area contributed by atoms with Gasteiger partial charge in [0.1, 0.15) is 5.75 Å². The quantitative estimate of drug-likeness (QED) is 0.477. The van der Waals surface area contributed by atoms with Crippen molar-refractivity contribution in [1.29, 1.82) is 0 Å². The van der Waals surface area contributed by atoms with Crippen molar-refractivity contribution in [3.8, 4) is 17.0 Å². The first-order chi connectivity index (χ1) is 13.3. The summed E-state index contributed by atoms with van der Waals surface area (Å²) in [5.74, 6) is 2.75. The Morgan fingerprint density at radius 3 is 2.15 bits per heavy atom. The predicted octanol–water partition coefficient (Wildman–Crippen LogP) is 6.47. The van der Waals surface area contributed by atoms with Gasteiger partial charge < -0.3 is 4.74 Å². The average Bonchev–Trinajstić information content (AvgIpc) is 2.74. The van der Waals surface area contributed by atoms with Crippen LogP contribution in [0.4, 0.5) is 0 Å². The molecule has 3 nitrogen and oxygen atoms in total. The highest BCUT2D eigenvalue weighted by Crippen LogP contribution is 2.34. The fourth-order valence-corrected chi connectivity index (χ4v) is 4.25. The van der Waals surface area contributed by atoms with Crippen molar-refractivity contribution in [2.24, 2.45) is 11.8 Å². The van der Waals surface area contributed by atoms with E-state index in [2.05, 4.69) is 29.3 Å². The van der Waals surface area contributed by atoms with Gasteiger partial charge in [0.25, 0.3) is 0 Å². The Morgan fingerprint density at radius 1 is 0.852 bits per heavy atom. The van der Waals surface area contributed by atoms with Crippen molar-refractivity contribution in [3.05, 3.63) is 42.1 Å². The minimum atomic E-state index is 0.864. The van der Waals surface area contributed by atoms with Crippen LogP contribution in [0.2, 0.25) is 0 Å². The third kappa shape index (κ3) is 6.05. The monoisotopic (exact) mass is 366 g/mol. The minimum Gasteiger partial charge on any atom is -0.497 e. The van der Waals surface area contributed by atoms with Gasteiger partial charge in [0, 0.05) is 5.56 Å². The Hall–Kier alpha value is -1.90. The first-order valence-corrected chi connectivity index (χ1v) is 10.8. The van der Waals surface area contributed by atoms with Crippen LogP contribution in [0.15, 0.2) is 36.4 Å². The number of hydrogen-bond donors (Lipinski definition) is 0. The van der Waals surface area contributed by atoms with E-state index >= 15 is 0 Å². The Bertz CT molecular complexity index is 658. The molecule has 1 aliphatic rings. The van der Waals surface area contributed by atoms with E-state index in [-0.39, 0.29) is 0 Å². The first kappa shape index (κ1) is 19.9. The third-order valence-corrected chi connectivity index (χ3v) is 6.10. The molecule has 0 atom stereocenters. The SMILES string of the molecule is CCCCCC1CCC(CCc2ccc(-c3ccc(OC)cc3)nn2)CC1. The van der Waals surface area contributed by atoms with Crippen molar-refractivity contribution >= 4 is 0 Å². The summed E-state index contributed by atoms with van der Waals surface area (Å²) in [4.78, 5) is 0. The molecule has 0 N–H and O–H groups in total. The largest absolute Gasteiger partial charge is 0.497 e. The van der Waals surface area contributed by atoms with Crippen LogP contribution < -0.4 is 4.74 Å². The zero-order chi connectivity index (χ0) is 18.9. The highest BCUT2D eigenvalue weighted by atomic mass is 16.5. The molecule has 0 unspecified atom stereocenters. The lowest BCUT2D eigenvalue weighted by molar-refractivity contribution is 0.248. The average molecular weight is 367 g/mol. The molecule has 0 bridgehead atoms. The van der Waals surface area contributed by atoms with E-state index in [0.717, 1.165) is 41.0 Å². The number of aromatic nitrogens is 2. The molecule has 0 aliphatic heterocycles. The molecule has 0 amide bonds. The van der Waals surface area contributed by atoms with Crippen LogP contribution in [0.3, 0.4) is 0 Å². The fourth-order valence-electron chi connectivity index (χ4n) is 4.25. The molecule has 1 saturated carbocycles. The molecule has 1 heterocycles. The standard InChI is InChI=1S/C24H34N2O/c1-3-4-5-6-19-7-9-20(10-8-19)11-14-22-15-18-24(26-25-22)21-12-16-23(27-2)17-13-21/h12-13,15-20H,3-11,14H2,1-2H3. The molecule has 0 radical (unpaired) electrons. The van der Waals surface area contributed by atoms with Gasteiger partial charge in [0.05, 0.1) is 18.5 Å². The second kappa shape index (κ2) is 10.4. The summed E-state index contributed by atoms with van der Waals surface area (Å²) in [6, 6.07) is 12.2. The topological polar surface area (TPSA) is 35.0 Å². The van der Waals surface area contributed by atoms with Gasteiger partial charge in [-0.15, -0.1) is 0 Å². The summed E-state index contributed by atoms with van der Waals surface area (Å²) in [6.45, 7) is 2.29. The predicted molar refractivity (Wildman–Crippen MR) is 112 cm³/mol. The summed E-state index contributed by atoms with van der Waals surface area (Å²) in [7, 11) is 1.68. The van der Waals surface area contributed by atoms with Crippen LogP contribution in [-0.2, 0) is 6.42 Å². The number of methoxy groups -OCH3 is 1. The van der Waals surface area contributed by atoms with Gasteiger partial charge in [-0.2, -0.15) is 10.2 Å². The van der Waals surface area contributed by atoms with Gasteiger partial charge in [-0.25, -0.2) is 0 Å². The van der Waals surface area contributed by atoms with E-state index in [9.17, 15) is 0 Å². The first-order valence-electron chi connectivity index (χ1n) is 10.8. The van der Waals surface area contributed by atoms with Crippen LogP contribution >= 0.6 is 0 Å². The molecule has 0 saturated heterocycles. The number of hydrogen-bond acceptors (Lipinski definition) is 3. The number of ether oxygens (including phenoxy) is 1. The molecule has 27 heavy (non-hydrogen) atoms. The molecule has 1 fully saturated rings. The van der Waals surface area contributed by atoms with E-state index in [4.69, 9.17) is 4.74 Å². The van der Waals surface area contributed by atoms with Gasteiger partial charge in [-0.05, 0) is 61.1 Å². The van der Waals surface area contributed by atoms with E-state index in [1.165, 1.54) is 57.8 Å². The van der Waals surface area contributed by atoms with E-state index in [1.807, 2.05) is 24.3 Å². The summed E-state index contributed by atoms with van der Waals surface area (Å²) in [5, 5.41) is 8.90. The highest BCUT2D eigenvalue weighted by molar-refractivity contribution is 5.59. The maximum atomic E-state index is 5.21. The fraction of sp³-hybridized carbons (Fsp3) is 0.583. The Kier molecular flexibility index (Phi) is 7.67. The van der Waals surface area contributed by atoms with Crippen LogP contribution in [-0.4, -0.2) is 17.3 Å². The smallest absolute Gasteiger partial charge is 0.118 e. The highest BCUT2D eigenvalue weighted by Gasteiger charge is 2.20. The number of nitrogens with zero attached hydrogens (tertiary/aromatic N) is 2. The Labute approximate surface area is 164 Å². The van der Waals surface area contributed by atoms with Gasteiger partial charge in [-0.3, -0.25) is 0 Å².